The van der Waals surface area contributed by atoms with Gasteiger partial charge in [0.15, 0.2) is 5.65 Å². The van der Waals surface area contributed by atoms with Gasteiger partial charge in [-0.05, 0) is 24.6 Å². The second-order valence-electron chi connectivity index (χ2n) is 8.31. The summed E-state index contributed by atoms with van der Waals surface area (Å²) in [5.41, 5.74) is 11.0. The van der Waals surface area contributed by atoms with Crippen molar-refractivity contribution in [3.05, 3.63) is 65.9 Å². The minimum Gasteiger partial charge on any atom is -0.383 e. The number of benzene rings is 2. The molecular formula is C26H27N7O. The Kier molecular flexibility index (Phi) is 5.95. The van der Waals surface area contributed by atoms with E-state index in [0.717, 1.165) is 42.1 Å². The summed E-state index contributed by atoms with van der Waals surface area (Å²) in [6, 6.07) is 15.5. The molecule has 0 spiro atoms. The van der Waals surface area contributed by atoms with Gasteiger partial charge in [0.25, 0.3) is 5.91 Å². The highest BCUT2D eigenvalue weighted by molar-refractivity contribution is 6.11. The van der Waals surface area contributed by atoms with Crippen molar-refractivity contribution in [2.75, 3.05) is 12.3 Å². The van der Waals surface area contributed by atoms with Gasteiger partial charge in [0, 0.05) is 29.2 Å². The molecule has 0 atom stereocenters. The van der Waals surface area contributed by atoms with Crippen LogP contribution in [0.15, 0.2) is 59.8 Å². The molecule has 8 heteroatoms. The quantitative estimate of drug-likeness (QED) is 0.230. The number of H-pyrrole nitrogens is 1. The number of nitrogens with zero attached hydrogens (tertiary/aromatic N) is 4. The van der Waals surface area contributed by atoms with Crippen molar-refractivity contribution < 1.29 is 4.79 Å². The number of unbranched alkanes of at least 4 members (excludes halogenated alkanes) is 3. The Morgan fingerprint density at radius 1 is 1.09 bits per heavy atom. The number of carbonyl (C=O) groups is 1. The molecule has 0 aliphatic rings. The van der Waals surface area contributed by atoms with E-state index in [1.807, 2.05) is 54.7 Å². The first-order valence-corrected chi connectivity index (χ1v) is 11.6. The highest BCUT2D eigenvalue weighted by atomic mass is 16.1. The zero-order valence-electron chi connectivity index (χ0n) is 19.1. The molecule has 4 N–H and O–H groups in total. The summed E-state index contributed by atoms with van der Waals surface area (Å²) in [6.07, 6.45) is 7.90. The number of rotatable bonds is 8. The summed E-state index contributed by atoms with van der Waals surface area (Å²) >= 11 is 0. The third kappa shape index (κ3) is 3.98. The lowest BCUT2D eigenvalue weighted by atomic mass is 10.2. The Bertz CT molecular complexity index is 1510. The molecule has 3 aromatic heterocycles. The topological polar surface area (TPSA) is 114 Å². The van der Waals surface area contributed by atoms with Crippen LogP contribution in [0, 0.1) is 0 Å². The van der Waals surface area contributed by atoms with Gasteiger partial charge in [-0.1, -0.05) is 56.5 Å². The Labute approximate surface area is 196 Å². The van der Waals surface area contributed by atoms with E-state index >= 15 is 0 Å². The number of aromatic nitrogens is 4. The number of hydrogen-bond donors (Lipinski definition) is 3. The van der Waals surface area contributed by atoms with Crippen LogP contribution in [0.3, 0.4) is 0 Å². The summed E-state index contributed by atoms with van der Waals surface area (Å²) in [5, 5.41) is 8.65. The van der Waals surface area contributed by atoms with Crippen molar-refractivity contribution in [2.24, 2.45) is 5.10 Å². The molecule has 0 saturated heterocycles. The van der Waals surface area contributed by atoms with Crippen LogP contribution < -0.4 is 11.1 Å². The molecule has 2 aromatic carbocycles. The van der Waals surface area contributed by atoms with Gasteiger partial charge < -0.3 is 16.0 Å². The lowest BCUT2D eigenvalue weighted by Gasteiger charge is -2.05. The molecule has 5 rings (SSSR count). The minimum atomic E-state index is -0.260. The molecular weight excluding hydrogens is 426 g/mol. The third-order valence-corrected chi connectivity index (χ3v) is 5.95. The molecule has 8 nitrogen and oxygen atoms in total. The monoisotopic (exact) mass is 453 g/mol. The number of nitrogens with two attached hydrogens (primary N) is 1. The van der Waals surface area contributed by atoms with Crippen molar-refractivity contribution >= 4 is 51.0 Å². The van der Waals surface area contributed by atoms with Crippen molar-refractivity contribution in [1.29, 1.82) is 0 Å². The highest BCUT2D eigenvalue weighted by Crippen LogP contribution is 2.28. The lowest BCUT2D eigenvalue weighted by molar-refractivity contribution is 0.0955. The number of carbonyl (C=O) groups excluding carboxylic acids is 1. The molecule has 172 valence electrons. The van der Waals surface area contributed by atoms with Gasteiger partial charge in [0.1, 0.15) is 16.9 Å². The molecule has 0 aliphatic carbocycles. The van der Waals surface area contributed by atoms with Gasteiger partial charge in [0.05, 0.1) is 17.2 Å². The molecule has 0 fully saturated rings. The molecule has 0 radical (unpaired) electrons. The van der Waals surface area contributed by atoms with Gasteiger partial charge in [-0.2, -0.15) is 9.78 Å². The average molecular weight is 454 g/mol. The average Bonchev–Trinajstić information content (AvgIpc) is 3.38. The van der Waals surface area contributed by atoms with E-state index in [1.165, 1.54) is 4.68 Å². The summed E-state index contributed by atoms with van der Waals surface area (Å²) in [7, 11) is 0. The first-order valence-electron chi connectivity index (χ1n) is 11.6. The molecule has 34 heavy (non-hydrogen) atoms. The number of hydrogen-bond acceptors (Lipinski definition) is 5. The molecule has 0 saturated carbocycles. The smallest absolute Gasteiger partial charge is 0.257 e. The van der Waals surface area contributed by atoms with Crippen molar-refractivity contribution in [2.45, 2.75) is 32.6 Å². The first-order chi connectivity index (χ1) is 16.7. The first kappa shape index (κ1) is 21.6. The standard InChI is InChI=1S/C26H27N7O/c1-2-3-4-9-14-28-26(34)22-23-25(32-21-13-8-7-12-20(21)31-23)33(24(22)27)30-16-17-15-29-19-11-6-5-10-18(17)19/h5-8,10-13,15-16,29H,2-4,9,14,27H2,1H3,(H,28,34). The van der Waals surface area contributed by atoms with E-state index in [0.29, 0.717) is 34.3 Å². The largest absolute Gasteiger partial charge is 0.383 e. The number of aromatic amines is 1. The van der Waals surface area contributed by atoms with Crippen LogP contribution in [-0.2, 0) is 0 Å². The van der Waals surface area contributed by atoms with E-state index in [2.05, 4.69) is 22.3 Å². The van der Waals surface area contributed by atoms with Crippen LogP contribution in [0.25, 0.3) is 33.1 Å². The Morgan fingerprint density at radius 3 is 2.68 bits per heavy atom. The van der Waals surface area contributed by atoms with E-state index in [1.54, 1.807) is 6.21 Å². The maximum Gasteiger partial charge on any atom is 0.257 e. The molecule has 0 bridgehead atoms. The number of fused-ring (bicyclic) bond motifs is 3. The molecule has 0 aliphatic heterocycles. The molecule has 1 amide bonds. The normalized spacial score (nSPS) is 11.8. The highest BCUT2D eigenvalue weighted by Gasteiger charge is 2.24. The number of para-hydroxylation sites is 3. The van der Waals surface area contributed by atoms with Crippen LogP contribution in [0.2, 0.25) is 0 Å². The predicted molar refractivity (Wildman–Crippen MR) is 137 cm³/mol. The Balaban J connectivity index is 1.57. The van der Waals surface area contributed by atoms with Crippen LogP contribution in [0.1, 0.15) is 48.5 Å². The van der Waals surface area contributed by atoms with Crippen molar-refractivity contribution in [1.82, 2.24) is 24.9 Å². The van der Waals surface area contributed by atoms with Crippen LogP contribution >= 0.6 is 0 Å². The molecule has 0 unspecified atom stereocenters. The van der Waals surface area contributed by atoms with Crippen molar-refractivity contribution in [3.8, 4) is 0 Å². The van der Waals surface area contributed by atoms with Crippen LogP contribution in [0.4, 0.5) is 5.82 Å². The number of nitrogens with one attached hydrogen (secondary N) is 2. The summed E-state index contributed by atoms with van der Waals surface area (Å²) < 4.78 is 1.50. The zero-order chi connectivity index (χ0) is 23.5. The van der Waals surface area contributed by atoms with Gasteiger partial charge >= 0.3 is 0 Å². The van der Waals surface area contributed by atoms with Gasteiger partial charge in [0.2, 0.25) is 0 Å². The van der Waals surface area contributed by atoms with E-state index in [4.69, 9.17) is 15.7 Å². The predicted octanol–water partition coefficient (Wildman–Crippen LogP) is 4.84. The summed E-state index contributed by atoms with van der Waals surface area (Å²) in [6.45, 7) is 2.75. The molecule has 5 aromatic rings. The Hall–Kier alpha value is -4.20. The fourth-order valence-corrected chi connectivity index (χ4v) is 4.15. The summed E-state index contributed by atoms with van der Waals surface area (Å²) in [4.78, 5) is 25.8. The molecule has 3 heterocycles. The SMILES string of the molecule is CCCCCCNC(=O)c1c(N)n(N=Cc2c[nH]c3ccccc23)c2nc3ccccc3nc12. The minimum absolute atomic E-state index is 0.215. The maximum atomic E-state index is 13.1. The van der Waals surface area contributed by atoms with E-state index in [-0.39, 0.29) is 11.7 Å². The number of anilines is 1. The van der Waals surface area contributed by atoms with E-state index < -0.39 is 0 Å². The van der Waals surface area contributed by atoms with Gasteiger partial charge in [-0.15, -0.1) is 0 Å². The zero-order valence-corrected chi connectivity index (χ0v) is 19.1. The van der Waals surface area contributed by atoms with Crippen LogP contribution in [-0.4, -0.2) is 38.3 Å². The lowest BCUT2D eigenvalue weighted by Crippen LogP contribution is -2.25. The second-order valence-corrected chi connectivity index (χ2v) is 8.31. The van der Waals surface area contributed by atoms with E-state index in [9.17, 15) is 4.79 Å². The van der Waals surface area contributed by atoms with Crippen molar-refractivity contribution in [3.63, 3.8) is 0 Å². The fraction of sp³-hybridized carbons (Fsp3) is 0.231. The van der Waals surface area contributed by atoms with Crippen LogP contribution in [0.5, 0.6) is 0 Å². The summed E-state index contributed by atoms with van der Waals surface area (Å²) in [5.74, 6) is -0.0444. The van der Waals surface area contributed by atoms with Gasteiger partial charge in [-0.3, -0.25) is 4.79 Å². The third-order valence-electron chi connectivity index (χ3n) is 5.95. The maximum absolute atomic E-state index is 13.1. The fourth-order valence-electron chi connectivity index (χ4n) is 4.15. The van der Waals surface area contributed by atoms with Gasteiger partial charge in [-0.25, -0.2) is 9.97 Å². The Morgan fingerprint density at radius 2 is 1.85 bits per heavy atom. The number of nitrogen functional groups attached to an aromatic ring is 1. The number of amides is 1. The second kappa shape index (κ2) is 9.35.